The van der Waals surface area contributed by atoms with Gasteiger partial charge >= 0.3 is 0 Å². The van der Waals surface area contributed by atoms with Crippen LogP contribution in [-0.4, -0.2) is 41.4 Å². The van der Waals surface area contributed by atoms with E-state index >= 15 is 0 Å². The third-order valence-corrected chi connectivity index (χ3v) is 5.17. The summed E-state index contributed by atoms with van der Waals surface area (Å²) >= 11 is 0. The molecule has 1 atom stereocenters. The standard InChI is InChI=1S/C21H19N3O5/c1-26-16-5-2-13(3-6-16)10-24-11-15(9-19(24)25)20-22-21(29-23-20)14-4-7-17-18(8-14)28-12-27-17/h2-8,15H,9-12H2,1H3. The SMILES string of the molecule is COc1ccc(CN2CC(c3noc(-c4ccc5c(c4)OCO5)n3)CC2=O)cc1. The van der Waals surface area contributed by atoms with Gasteiger partial charge in [-0.05, 0) is 35.9 Å². The topological polar surface area (TPSA) is 86.9 Å². The van der Waals surface area contributed by atoms with Crippen molar-refractivity contribution in [3.63, 3.8) is 0 Å². The van der Waals surface area contributed by atoms with Crippen molar-refractivity contribution in [1.82, 2.24) is 15.0 Å². The number of carbonyl (C=O) groups is 1. The molecule has 1 amide bonds. The Balaban J connectivity index is 1.29. The van der Waals surface area contributed by atoms with Crippen molar-refractivity contribution in [3.05, 3.63) is 53.9 Å². The summed E-state index contributed by atoms with van der Waals surface area (Å²) in [7, 11) is 1.63. The van der Waals surface area contributed by atoms with Gasteiger partial charge in [-0.15, -0.1) is 0 Å². The Bertz CT molecular complexity index is 1050. The van der Waals surface area contributed by atoms with Crippen LogP contribution in [-0.2, 0) is 11.3 Å². The fourth-order valence-corrected chi connectivity index (χ4v) is 3.60. The van der Waals surface area contributed by atoms with Gasteiger partial charge < -0.3 is 23.6 Å². The number of benzene rings is 2. The summed E-state index contributed by atoms with van der Waals surface area (Å²) in [4.78, 5) is 18.8. The van der Waals surface area contributed by atoms with Crippen LogP contribution in [0, 0.1) is 0 Å². The lowest BCUT2D eigenvalue weighted by atomic mass is 10.1. The van der Waals surface area contributed by atoms with Gasteiger partial charge in [0, 0.05) is 31.0 Å². The fraction of sp³-hybridized carbons (Fsp3) is 0.286. The lowest BCUT2D eigenvalue weighted by Crippen LogP contribution is -2.24. The number of hydrogen-bond donors (Lipinski definition) is 0. The minimum Gasteiger partial charge on any atom is -0.497 e. The molecule has 1 saturated heterocycles. The first-order valence-corrected chi connectivity index (χ1v) is 9.34. The van der Waals surface area contributed by atoms with Crippen molar-refractivity contribution in [2.24, 2.45) is 0 Å². The molecule has 29 heavy (non-hydrogen) atoms. The average Bonchev–Trinajstić information content (AvgIpc) is 3.48. The van der Waals surface area contributed by atoms with Gasteiger partial charge in [0.05, 0.1) is 7.11 Å². The molecule has 0 spiro atoms. The molecule has 1 aromatic heterocycles. The number of likely N-dealkylation sites (tertiary alicyclic amines) is 1. The lowest BCUT2D eigenvalue weighted by Gasteiger charge is -2.16. The monoisotopic (exact) mass is 393 g/mol. The van der Waals surface area contributed by atoms with Crippen LogP contribution < -0.4 is 14.2 Å². The van der Waals surface area contributed by atoms with Crippen LogP contribution >= 0.6 is 0 Å². The molecule has 2 aromatic carbocycles. The molecule has 1 unspecified atom stereocenters. The van der Waals surface area contributed by atoms with Crippen LogP contribution in [0.2, 0.25) is 0 Å². The van der Waals surface area contributed by atoms with E-state index in [0.717, 1.165) is 16.9 Å². The van der Waals surface area contributed by atoms with Crippen molar-refractivity contribution < 1.29 is 23.5 Å². The first kappa shape index (κ1) is 17.5. The summed E-state index contributed by atoms with van der Waals surface area (Å²) < 4.78 is 21.3. The molecule has 2 aliphatic heterocycles. The van der Waals surface area contributed by atoms with E-state index in [0.29, 0.717) is 42.7 Å². The lowest BCUT2D eigenvalue weighted by molar-refractivity contribution is -0.128. The second kappa shape index (κ2) is 7.12. The quantitative estimate of drug-likeness (QED) is 0.658. The molecule has 2 aliphatic rings. The molecular formula is C21H19N3O5. The van der Waals surface area contributed by atoms with Crippen molar-refractivity contribution in [3.8, 4) is 28.7 Å². The molecule has 148 valence electrons. The Hall–Kier alpha value is -3.55. The molecule has 0 radical (unpaired) electrons. The molecular weight excluding hydrogens is 374 g/mol. The van der Waals surface area contributed by atoms with Crippen LogP contribution in [0.4, 0.5) is 0 Å². The highest BCUT2D eigenvalue weighted by molar-refractivity contribution is 5.79. The maximum absolute atomic E-state index is 12.5. The first-order valence-electron chi connectivity index (χ1n) is 9.34. The van der Waals surface area contributed by atoms with Gasteiger partial charge in [-0.2, -0.15) is 4.98 Å². The summed E-state index contributed by atoms with van der Waals surface area (Å²) in [5.74, 6) is 3.09. The number of aromatic nitrogens is 2. The van der Waals surface area contributed by atoms with Crippen molar-refractivity contribution in [1.29, 1.82) is 0 Å². The molecule has 8 heteroatoms. The van der Waals surface area contributed by atoms with Gasteiger partial charge in [0.15, 0.2) is 17.3 Å². The summed E-state index contributed by atoms with van der Waals surface area (Å²) in [5, 5.41) is 4.11. The second-order valence-corrected chi connectivity index (χ2v) is 7.05. The van der Waals surface area contributed by atoms with E-state index in [2.05, 4.69) is 10.1 Å². The zero-order chi connectivity index (χ0) is 19.8. The molecule has 8 nitrogen and oxygen atoms in total. The maximum Gasteiger partial charge on any atom is 0.258 e. The summed E-state index contributed by atoms with van der Waals surface area (Å²) in [6.45, 7) is 1.32. The average molecular weight is 393 g/mol. The highest BCUT2D eigenvalue weighted by atomic mass is 16.7. The molecule has 0 bridgehead atoms. The number of methoxy groups -OCH3 is 1. The van der Waals surface area contributed by atoms with Gasteiger partial charge in [0.25, 0.3) is 5.89 Å². The smallest absolute Gasteiger partial charge is 0.258 e. The van der Waals surface area contributed by atoms with Crippen molar-refractivity contribution >= 4 is 5.91 Å². The third kappa shape index (κ3) is 3.37. The van der Waals surface area contributed by atoms with Gasteiger partial charge in [-0.1, -0.05) is 17.3 Å². The van der Waals surface area contributed by atoms with Crippen LogP contribution in [0.3, 0.4) is 0 Å². The number of hydrogen-bond acceptors (Lipinski definition) is 7. The van der Waals surface area contributed by atoms with Crippen molar-refractivity contribution in [2.45, 2.75) is 18.9 Å². The highest BCUT2D eigenvalue weighted by Gasteiger charge is 2.34. The Morgan fingerprint density at radius 3 is 2.79 bits per heavy atom. The van der Waals surface area contributed by atoms with E-state index in [1.54, 1.807) is 7.11 Å². The zero-order valence-corrected chi connectivity index (χ0v) is 15.8. The number of nitrogens with zero attached hydrogens (tertiary/aromatic N) is 3. The molecule has 3 heterocycles. The molecule has 0 N–H and O–H groups in total. The number of carbonyl (C=O) groups excluding carboxylic acids is 1. The molecule has 3 aromatic rings. The van der Waals surface area contributed by atoms with Gasteiger partial charge in [0.2, 0.25) is 12.7 Å². The third-order valence-electron chi connectivity index (χ3n) is 5.17. The molecule has 1 fully saturated rings. The van der Waals surface area contributed by atoms with Crippen LogP contribution in [0.5, 0.6) is 17.2 Å². The van der Waals surface area contributed by atoms with Gasteiger partial charge in [0.1, 0.15) is 5.75 Å². The summed E-state index contributed by atoms with van der Waals surface area (Å²) in [6.07, 6.45) is 0.371. The molecule has 0 saturated carbocycles. The number of rotatable bonds is 5. The fourth-order valence-electron chi connectivity index (χ4n) is 3.60. The van der Waals surface area contributed by atoms with Crippen molar-refractivity contribution in [2.75, 3.05) is 20.4 Å². The van der Waals surface area contributed by atoms with E-state index in [4.69, 9.17) is 18.7 Å². The van der Waals surface area contributed by atoms with E-state index in [-0.39, 0.29) is 18.6 Å². The van der Waals surface area contributed by atoms with Gasteiger partial charge in [-0.25, -0.2) is 0 Å². The van der Waals surface area contributed by atoms with Crippen LogP contribution in [0.1, 0.15) is 23.7 Å². The first-order chi connectivity index (χ1) is 14.2. The Kier molecular flexibility index (Phi) is 4.31. The maximum atomic E-state index is 12.5. The Morgan fingerprint density at radius 2 is 1.97 bits per heavy atom. The van der Waals surface area contributed by atoms with E-state index in [9.17, 15) is 4.79 Å². The minimum absolute atomic E-state index is 0.0836. The molecule has 5 rings (SSSR count). The predicted molar refractivity (Wildman–Crippen MR) is 102 cm³/mol. The zero-order valence-electron chi connectivity index (χ0n) is 15.8. The van der Waals surface area contributed by atoms with E-state index in [1.807, 2.05) is 47.4 Å². The number of ether oxygens (including phenoxy) is 3. The minimum atomic E-state index is -0.0905. The Labute approximate surface area is 167 Å². The number of fused-ring (bicyclic) bond motifs is 1. The second-order valence-electron chi connectivity index (χ2n) is 7.05. The molecule has 0 aliphatic carbocycles. The number of amides is 1. The van der Waals surface area contributed by atoms with Crippen LogP contribution in [0.15, 0.2) is 47.0 Å². The summed E-state index contributed by atoms with van der Waals surface area (Å²) in [6, 6.07) is 13.2. The summed E-state index contributed by atoms with van der Waals surface area (Å²) in [5.41, 5.74) is 1.81. The Morgan fingerprint density at radius 1 is 1.14 bits per heavy atom. The normalized spacial score (nSPS) is 17.8. The van der Waals surface area contributed by atoms with Gasteiger partial charge in [-0.3, -0.25) is 4.79 Å². The predicted octanol–water partition coefficient (Wildman–Crippen LogP) is 2.99. The van der Waals surface area contributed by atoms with E-state index < -0.39 is 0 Å². The largest absolute Gasteiger partial charge is 0.497 e. The van der Waals surface area contributed by atoms with Crippen LogP contribution in [0.25, 0.3) is 11.5 Å². The van der Waals surface area contributed by atoms with E-state index in [1.165, 1.54) is 0 Å². The highest BCUT2D eigenvalue weighted by Crippen LogP contribution is 2.36.